The fourth-order valence-corrected chi connectivity index (χ4v) is 6.20. The summed E-state index contributed by atoms with van der Waals surface area (Å²) < 4.78 is 26.2. The van der Waals surface area contributed by atoms with Gasteiger partial charge in [-0.2, -0.15) is 0 Å². The lowest BCUT2D eigenvalue weighted by molar-refractivity contribution is 0.0949. The van der Waals surface area contributed by atoms with E-state index in [-0.39, 0.29) is 33.2 Å². The minimum absolute atomic E-state index is 0.0584. The van der Waals surface area contributed by atoms with E-state index >= 15 is 0 Å². The number of hydrogen-bond acceptors (Lipinski definition) is 8. The van der Waals surface area contributed by atoms with E-state index in [0.717, 1.165) is 21.3 Å². The predicted octanol–water partition coefficient (Wildman–Crippen LogP) is 3.60. The zero-order valence-electron chi connectivity index (χ0n) is 19.3. The Balaban J connectivity index is 1.34. The number of anilines is 2. The summed E-state index contributed by atoms with van der Waals surface area (Å²) in [6, 6.07) is 14.0. The molecule has 36 heavy (non-hydrogen) atoms. The van der Waals surface area contributed by atoms with Crippen LogP contribution in [0.3, 0.4) is 0 Å². The van der Waals surface area contributed by atoms with Crippen LogP contribution < -0.4 is 15.5 Å². The smallest absolute Gasteiger partial charge is 0.257 e. The standard InChI is InChI=1S/C25H21N5O4S2/c1-30(2)16-9-10-26-20(12-16)25-28-14-17(35-25)13-27-23(31)15-7-8-22-19(11-15)29-24(32)18-5-3-4-6-21(18)36(22,33)34/h3-12,14H,13H2,1-2H3,(H,27,31)(H,29,32). The van der Waals surface area contributed by atoms with Crippen molar-refractivity contribution in [2.45, 2.75) is 16.3 Å². The van der Waals surface area contributed by atoms with Gasteiger partial charge < -0.3 is 15.5 Å². The Hall–Kier alpha value is -4.09. The van der Waals surface area contributed by atoms with Gasteiger partial charge in [-0.25, -0.2) is 13.4 Å². The Bertz CT molecular complexity index is 1610. The summed E-state index contributed by atoms with van der Waals surface area (Å²) >= 11 is 1.42. The van der Waals surface area contributed by atoms with E-state index in [2.05, 4.69) is 20.6 Å². The zero-order valence-corrected chi connectivity index (χ0v) is 21.0. The molecule has 0 atom stereocenters. The van der Waals surface area contributed by atoms with Crippen molar-refractivity contribution in [3.05, 3.63) is 83.0 Å². The fraction of sp³-hybridized carbons (Fsp3) is 0.120. The van der Waals surface area contributed by atoms with Crippen LogP contribution in [0.25, 0.3) is 10.7 Å². The SMILES string of the molecule is CN(C)c1ccnc(-c2ncc(CNC(=O)c3ccc4c(c3)NC(=O)c3ccccc3S4(=O)=O)s2)c1. The molecule has 0 radical (unpaired) electrons. The van der Waals surface area contributed by atoms with Crippen LogP contribution in [0.15, 0.2) is 76.8 Å². The Morgan fingerprint density at radius 3 is 2.67 bits per heavy atom. The number of carbonyl (C=O) groups is 2. The highest BCUT2D eigenvalue weighted by Crippen LogP contribution is 2.34. The number of amides is 2. The van der Waals surface area contributed by atoms with Crippen LogP contribution in [0.5, 0.6) is 0 Å². The number of carbonyl (C=O) groups excluding carboxylic acids is 2. The van der Waals surface area contributed by atoms with E-state index in [1.807, 2.05) is 31.1 Å². The Morgan fingerprint density at radius 2 is 1.86 bits per heavy atom. The van der Waals surface area contributed by atoms with Crippen molar-refractivity contribution >= 4 is 44.4 Å². The second-order valence-electron chi connectivity index (χ2n) is 8.27. The highest BCUT2D eigenvalue weighted by molar-refractivity contribution is 7.91. The normalized spacial score (nSPS) is 13.7. The molecule has 0 saturated carbocycles. The minimum atomic E-state index is -3.93. The van der Waals surface area contributed by atoms with Gasteiger partial charge in [-0.05, 0) is 42.5 Å². The first-order chi connectivity index (χ1) is 17.2. The van der Waals surface area contributed by atoms with Gasteiger partial charge in [0.25, 0.3) is 11.8 Å². The van der Waals surface area contributed by atoms with Gasteiger partial charge in [0.05, 0.1) is 27.6 Å². The molecule has 0 aliphatic carbocycles. The van der Waals surface area contributed by atoms with Crippen LogP contribution in [0, 0.1) is 0 Å². The molecule has 0 fully saturated rings. The lowest BCUT2D eigenvalue weighted by atomic mass is 10.1. The summed E-state index contributed by atoms with van der Waals surface area (Å²) in [6.45, 7) is 0.233. The van der Waals surface area contributed by atoms with Crippen LogP contribution in [-0.2, 0) is 16.4 Å². The van der Waals surface area contributed by atoms with Gasteiger partial charge in [0.1, 0.15) is 10.7 Å². The summed E-state index contributed by atoms with van der Waals surface area (Å²) in [5.41, 5.74) is 2.10. The summed E-state index contributed by atoms with van der Waals surface area (Å²) in [6.07, 6.45) is 3.41. The van der Waals surface area contributed by atoms with E-state index in [0.29, 0.717) is 0 Å². The number of nitrogens with one attached hydrogen (secondary N) is 2. The second kappa shape index (κ2) is 9.17. The predicted molar refractivity (Wildman–Crippen MR) is 137 cm³/mol. The summed E-state index contributed by atoms with van der Waals surface area (Å²) in [5, 5.41) is 6.18. The van der Waals surface area contributed by atoms with Crippen LogP contribution >= 0.6 is 11.3 Å². The first-order valence-electron chi connectivity index (χ1n) is 10.9. The quantitative estimate of drug-likeness (QED) is 0.413. The maximum Gasteiger partial charge on any atom is 0.257 e. The van der Waals surface area contributed by atoms with E-state index in [1.165, 1.54) is 41.7 Å². The molecule has 1 aliphatic heterocycles. The maximum atomic E-state index is 13.1. The summed E-state index contributed by atoms with van der Waals surface area (Å²) in [4.78, 5) is 37.0. The van der Waals surface area contributed by atoms with E-state index < -0.39 is 21.7 Å². The third kappa shape index (κ3) is 4.34. The molecule has 2 aromatic carbocycles. The molecule has 2 aromatic heterocycles. The van der Waals surface area contributed by atoms with Gasteiger partial charge in [-0.3, -0.25) is 14.6 Å². The lowest BCUT2D eigenvalue weighted by Gasteiger charge is -2.12. The van der Waals surface area contributed by atoms with Crippen molar-refractivity contribution in [3.8, 4) is 10.7 Å². The first-order valence-corrected chi connectivity index (χ1v) is 13.2. The number of aromatic nitrogens is 2. The van der Waals surface area contributed by atoms with Crippen molar-refractivity contribution in [2.75, 3.05) is 24.3 Å². The molecule has 0 unspecified atom stereocenters. The maximum absolute atomic E-state index is 13.1. The number of benzene rings is 2. The van der Waals surface area contributed by atoms with Crippen molar-refractivity contribution in [3.63, 3.8) is 0 Å². The number of fused-ring (bicyclic) bond motifs is 2. The third-order valence-corrected chi connectivity index (χ3v) is 8.55. The molecule has 2 amide bonds. The first kappa shape index (κ1) is 23.6. The number of nitrogens with zero attached hydrogens (tertiary/aromatic N) is 3. The second-order valence-corrected chi connectivity index (χ2v) is 11.3. The molecule has 11 heteroatoms. The lowest BCUT2D eigenvalue weighted by Crippen LogP contribution is -2.22. The summed E-state index contributed by atoms with van der Waals surface area (Å²) in [7, 11) is -0.0343. The number of hydrogen-bond donors (Lipinski definition) is 2. The molecule has 1 aliphatic rings. The van der Waals surface area contributed by atoms with Crippen LogP contribution in [0.4, 0.5) is 11.4 Å². The largest absolute Gasteiger partial charge is 0.378 e. The van der Waals surface area contributed by atoms with Crippen molar-refractivity contribution in [2.24, 2.45) is 0 Å². The molecule has 182 valence electrons. The van der Waals surface area contributed by atoms with Crippen molar-refractivity contribution in [1.29, 1.82) is 0 Å². The van der Waals surface area contributed by atoms with E-state index in [4.69, 9.17) is 0 Å². The number of rotatable bonds is 5. The van der Waals surface area contributed by atoms with Gasteiger partial charge in [-0.15, -0.1) is 11.3 Å². The van der Waals surface area contributed by atoms with Gasteiger partial charge in [0.15, 0.2) is 0 Å². The molecular weight excluding hydrogens is 498 g/mol. The van der Waals surface area contributed by atoms with Crippen LogP contribution in [0.2, 0.25) is 0 Å². The molecule has 9 nitrogen and oxygen atoms in total. The van der Waals surface area contributed by atoms with Crippen LogP contribution in [0.1, 0.15) is 25.6 Å². The zero-order chi connectivity index (χ0) is 25.4. The third-order valence-electron chi connectivity index (χ3n) is 5.66. The molecule has 0 saturated heterocycles. The summed E-state index contributed by atoms with van der Waals surface area (Å²) in [5.74, 6) is -0.955. The fourth-order valence-electron chi connectivity index (χ4n) is 3.79. The topological polar surface area (TPSA) is 121 Å². The van der Waals surface area contributed by atoms with Gasteiger partial charge in [0.2, 0.25) is 9.84 Å². The van der Waals surface area contributed by atoms with Crippen LogP contribution in [-0.4, -0.2) is 44.3 Å². The highest BCUT2D eigenvalue weighted by Gasteiger charge is 2.31. The van der Waals surface area contributed by atoms with Gasteiger partial charge in [0, 0.05) is 42.6 Å². The Kier molecular flexibility index (Phi) is 6.02. The Morgan fingerprint density at radius 1 is 1.06 bits per heavy atom. The molecule has 4 aromatic rings. The van der Waals surface area contributed by atoms with Gasteiger partial charge >= 0.3 is 0 Å². The molecular formula is C25H21N5O4S2. The van der Waals surface area contributed by atoms with E-state index in [1.54, 1.807) is 24.5 Å². The minimum Gasteiger partial charge on any atom is -0.378 e. The number of pyridine rings is 1. The molecule has 5 rings (SSSR count). The average molecular weight is 520 g/mol. The molecule has 3 heterocycles. The van der Waals surface area contributed by atoms with Crippen molar-refractivity contribution < 1.29 is 18.0 Å². The Labute approximate surface area is 211 Å². The average Bonchev–Trinajstić information content (AvgIpc) is 3.33. The van der Waals surface area contributed by atoms with Gasteiger partial charge in [-0.1, -0.05) is 12.1 Å². The number of thiazole rings is 1. The molecule has 0 bridgehead atoms. The highest BCUT2D eigenvalue weighted by atomic mass is 32.2. The monoisotopic (exact) mass is 519 g/mol. The molecule has 0 spiro atoms. The molecule has 2 N–H and O–H groups in total. The van der Waals surface area contributed by atoms with E-state index in [9.17, 15) is 18.0 Å². The van der Waals surface area contributed by atoms with Crippen molar-refractivity contribution in [1.82, 2.24) is 15.3 Å². The number of sulfone groups is 1.